The van der Waals surface area contributed by atoms with E-state index in [0.717, 1.165) is 56.4 Å². The minimum atomic E-state index is -0.261. The van der Waals surface area contributed by atoms with Crippen molar-refractivity contribution in [3.63, 3.8) is 0 Å². The molecule has 6 heteroatoms. The standard InChI is InChI=1S/C21H33N3O2.ClH/c22-12-17(16-3-4-16)23-19(25)18-2-1-5-24(18)20(26)21-9-13-6-14(10-21)8-15(7-13)11-21;/h13-18H,1-12,22H2,(H,23,25);1H. The first-order valence-corrected chi connectivity index (χ1v) is 10.9. The van der Waals surface area contributed by atoms with Gasteiger partial charge < -0.3 is 16.0 Å². The third-order valence-corrected chi connectivity index (χ3v) is 8.08. The van der Waals surface area contributed by atoms with Crippen LogP contribution in [0.3, 0.4) is 0 Å². The molecule has 5 saturated carbocycles. The summed E-state index contributed by atoms with van der Waals surface area (Å²) in [5, 5.41) is 3.17. The molecule has 1 aliphatic heterocycles. The van der Waals surface area contributed by atoms with E-state index >= 15 is 0 Å². The summed E-state index contributed by atoms with van der Waals surface area (Å²) in [6.45, 7) is 1.27. The predicted octanol–water partition coefficient (Wildman–Crippen LogP) is 2.47. The lowest BCUT2D eigenvalue weighted by atomic mass is 9.49. The van der Waals surface area contributed by atoms with E-state index in [1.54, 1.807) is 0 Å². The van der Waals surface area contributed by atoms with E-state index in [9.17, 15) is 9.59 Å². The highest BCUT2D eigenvalue weighted by molar-refractivity contribution is 5.91. The molecule has 5 nitrogen and oxygen atoms in total. The van der Waals surface area contributed by atoms with E-state index in [4.69, 9.17) is 5.73 Å². The molecule has 0 aromatic carbocycles. The number of carbonyl (C=O) groups is 2. The molecule has 4 bridgehead atoms. The van der Waals surface area contributed by atoms with Crippen LogP contribution in [-0.4, -0.2) is 41.9 Å². The zero-order valence-corrected chi connectivity index (χ0v) is 17.0. The Morgan fingerprint density at radius 3 is 2.15 bits per heavy atom. The number of likely N-dealkylation sites (tertiary alicyclic amines) is 1. The van der Waals surface area contributed by atoms with Crippen molar-refractivity contribution in [1.29, 1.82) is 0 Å². The molecule has 0 spiro atoms. The molecule has 3 N–H and O–H groups in total. The van der Waals surface area contributed by atoms with Gasteiger partial charge in [0.15, 0.2) is 0 Å². The summed E-state index contributed by atoms with van der Waals surface area (Å²) in [6, 6.07) is -0.164. The number of rotatable bonds is 5. The number of hydrogen-bond acceptors (Lipinski definition) is 3. The Kier molecular flexibility index (Phi) is 5.21. The number of halogens is 1. The third kappa shape index (κ3) is 3.39. The van der Waals surface area contributed by atoms with E-state index in [1.165, 1.54) is 32.1 Å². The van der Waals surface area contributed by atoms with Crippen LogP contribution in [0.2, 0.25) is 0 Å². The Morgan fingerprint density at radius 2 is 1.63 bits per heavy atom. The molecule has 0 aromatic rings. The number of hydrogen-bond donors (Lipinski definition) is 2. The lowest BCUT2D eigenvalue weighted by molar-refractivity contribution is -0.160. The number of carbonyl (C=O) groups excluding carboxylic acids is 2. The van der Waals surface area contributed by atoms with Gasteiger partial charge in [-0.15, -0.1) is 12.4 Å². The first kappa shape index (κ1) is 19.5. The molecule has 2 unspecified atom stereocenters. The zero-order valence-electron chi connectivity index (χ0n) is 16.2. The fraction of sp³-hybridized carbons (Fsp3) is 0.905. The predicted molar refractivity (Wildman–Crippen MR) is 106 cm³/mol. The normalized spacial score (nSPS) is 40.6. The van der Waals surface area contributed by atoms with E-state index in [0.29, 0.717) is 18.4 Å². The van der Waals surface area contributed by atoms with Gasteiger partial charge in [-0.1, -0.05) is 0 Å². The minimum Gasteiger partial charge on any atom is -0.350 e. The van der Waals surface area contributed by atoms with Crippen LogP contribution in [0, 0.1) is 29.1 Å². The Balaban J connectivity index is 0.00000180. The number of amides is 2. The summed E-state index contributed by atoms with van der Waals surface area (Å²) in [5.74, 6) is 3.19. The van der Waals surface area contributed by atoms with Crippen LogP contribution in [0.5, 0.6) is 0 Å². The maximum absolute atomic E-state index is 13.6. The summed E-state index contributed by atoms with van der Waals surface area (Å²) in [7, 11) is 0. The summed E-state index contributed by atoms with van der Waals surface area (Å²) in [5.41, 5.74) is 5.72. The van der Waals surface area contributed by atoms with Crippen molar-refractivity contribution >= 4 is 24.2 Å². The fourth-order valence-corrected chi connectivity index (χ4v) is 7.11. The van der Waals surface area contributed by atoms with Crippen LogP contribution in [0.1, 0.15) is 64.2 Å². The number of nitrogens with zero attached hydrogens (tertiary/aromatic N) is 1. The van der Waals surface area contributed by atoms with Crippen LogP contribution >= 0.6 is 12.4 Å². The van der Waals surface area contributed by atoms with Crippen molar-refractivity contribution in [1.82, 2.24) is 10.2 Å². The largest absolute Gasteiger partial charge is 0.350 e. The molecule has 5 aliphatic carbocycles. The highest BCUT2D eigenvalue weighted by atomic mass is 35.5. The molecule has 27 heavy (non-hydrogen) atoms. The van der Waals surface area contributed by atoms with Crippen LogP contribution in [0.4, 0.5) is 0 Å². The molecule has 6 fully saturated rings. The number of nitrogens with two attached hydrogens (primary N) is 1. The average Bonchev–Trinajstić information content (AvgIpc) is 3.33. The average molecular weight is 396 g/mol. The van der Waals surface area contributed by atoms with Crippen molar-refractivity contribution in [2.75, 3.05) is 13.1 Å². The van der Waals surface area contributed by atoms with E-state index in [-0.39, 0.29) is 35.8 Å². The van der Waals surface area contributed by atoms with Gasteiger partial charge in [0.25, 0.3) is 0 Å². The van der Waals surface area contributed by atoms with E-state index < -0.39 is 0 Å². The second-order valence-corrected chi connectivity index (χ2v) is 10.0. The molecule has 6 aliphatic rings. The topological polar surface area (TPSA) is 75.4 Å². The zero-order chi connectivity index (χ0) is 17.9. The SMILES string of the molecule is Cl.NCC(NC(=O)C1CCCN1C(=O)C12CC3CC(CC(C3)C1)C2)C1CC1. The van der Waals surface area contributed by atoms with Crippen molar-refractivity contribution in [2.45, 2.75) is 76.3 Å². The smallest absolute Gasteiger partial charge is 0.243 e. The van der Waals surface area contributed by atoms with Gasteiger partial charge in [0, 0.05) is 19.1 Å². The summed E-state index contributed by atoms with van der Waals surface area (Å²) < 4.78 is 0. The highest BCUT2D eigenvalue weighted by Gasteiger charge is 2.56. The first-order chi connectivity index (χ1) is 12.6. The van der Waals surface area contributed by atoms with Crippen LogP contribution in [-0.2, 0) is 9.59 Å². The van der Waals surface area contributed by atoms with Crippen LogP contribution < -0.4 is 11.1 Å². The molecule has 0 aromatic heterocycles. The summed E-state index contributed by atoms with van der Waals surface area (Å²) in [4.78, 5) is 28.5. The Hall–Kier alpha value is -0.810. The van der Waals surface area contributed by atoms with Gasteiger partial charge in [-0.2, -0.15) is 0 Å². The lowest BCUT2D eigenvalue weighted by Gasteiger charge is -2.56. The van der Waals surface area contributed by atoms with Gasteiger partial charge in [-0.05, 0) is 87.9 Å². The van der Waals surface area contributed by atoms with E-state index in [2.05, 4.69) is 5.32 Å². The molecule has 0 radical (unpaired) electrons. The second kappa shape index (κ2) is 7.22. The molecule has 1 saturated heterocycles. The van der Waals surface area contributed by atoms with Gasteiger partial charge in [-0.25, -0.2) is 0 Å². The second-order valence-electron chi connectivity index (χ2n) is 10.0. The van der Waals surface area contributed by atoms with Gasteiger partial charge in [-0.3, -0.25) is 9.59 Å². The summed E-state index contributed by atoms with van der Waals surface area (Å²) in [6.07, 6.45) is 11.4. The fourth-order valence-electron chi connectivity index (χ4n) is 7.11. The van der Waals surface area contributed by atoms with Crippen molar-refractivity contribution in [3.8, 4) is 0 Å². The van der Waals surface area contributed by atoms with Gasteiger partial charge in [0.05, 0.1) is 5.41 Å². The third-order valence-electron chi connectivity index (χ3n) is 8.08. The maximum atomic E-state index is 13.6. The minimum absolute atomic E-state index is 0. The molecule has 2 atom stereocenters. The molecule has 1 heterocycles. The number of nitrogens with one attached hydrogen (secondary N) is 1. The highest BCUT2D eigenvalue weighted by Crippen LogP contribution is 2.60. The Labute approximate surface area is 168 Å². The molecule has 2 amide bonds. The Bertz CT molecular complexity index is 571. The van der Waals surface area contributed by atoms with E-state index in [1.807, 2.05) is 4.90 Å². The van der Waals surface area contributed by atoms with Crippen molar-refractivity contribution < 1.29 is 9.59 Å². The molecule has 6 rings (SSSR count). The monoisotopic (exact) mass is 395 g/mol. The van der Waals surface area contributed by atoms with Gasteiger partial charge in [0.2, 0.25) is 11.8 Å². The lowest BCUT2D eigenvalue weighted by Crippen LogP contribution is -2.58. The molecular weight excluding hydrogens is 362 g/mol. The van der Waals surface area contributed by atoms with Crippen LogP contribution in [0.15, 0.2) is 0 Å². The molecule has 152 valence electrons. The molecular formula is C21H34ClN3O2. The van der Waals surface area contributed by atoms with Gasteiger partial charge >= 0.3 is 0 Å². The van der Waals surface area contributed by atoms with Crippen LogP contribution in [0.25, 0.3) is 0 Å². The summed E-state index contributed by atoms with van der Waals surface area (Å²) >= 11 is 0. The van der Waals surface area contributed by atoms with Gasteiger partial charge in [0.1, 0.15) is 6.04 Å². The first-order valence-electron chi connectivity index (χ1n) is 10.9. The van der Waals surface area contributed by atoms with Crippen molar-refractivity contribution in [2.24, 2.45) is 34.8 Å². The van der Waals surface area contributed by atoms with Crippen molar-refractivity contribution in [3.05, 3.63) is 0 Å². The Morgan fingerprint density at radius 1 is 1.04 bits per heavy atom. The quantitative estimate of drug-likeness (QED) is 0.750. The maximum Gasteiger partial charge on any atom is 0.243 e.